The molecule has 1 saturated heterocycles. The lowest BCUT2D eigenvalue weighted by atomic mass is 10.2. The summed E-state index contributed by atoms with van der Waals surface area (Å²) >= 11 is 0. The Balaban J connectivity index is 1.76. The van der Waals surface area contributed by atoms with Crippen LogP contribution in [0.15, 0.2) is 24.3 Å². The second-order valence-corrected chi connectivity index (χ2v) is 7.20. The molecule has 28 heavy (non-hydrogen) atoms. The molecule has 0 bridgehead atoms. The van der Waals surface area contributed by atoms with Crippen LogP contribution in [0.2, 0.25) is 0 Å². The van der Waals surface area contributed by atoms with E-state index in [0.717, 1.165) is 12.1 Å². The van der Waals surface area contributed by atoms with Crippen LogP contribution in [0, 0.1) is 0 Å². The van der Waals surface area contributed by atoms with Gasteiger partial charge in [0.25, 0.3) is 0 Å². The predicted octanol–water partition coefficient (Wildman–Crippen LogP) is 3.77. The second-order valence-electron chi connectivity index (χ2n) is 7.20. The number of hydrogen-bond acceptors (Lipinski definition) is 5. The van der Waals surface area contributed by atoms with Crippen molar-refractivity contribution in [1.82, 2.24) is 9.80 Å². The highest BCUT2D eigenvalue weighted by atomic mass is 19.4. The van der Waals surface area contributed by atoms with Crippen LogP contribution >= 0.6 is 0 Å². The summed E-state index contributed by atoms with van der Waals surface area (Å²) in [5.41, 5.74) is -0.0661. The molecule has 0 aliphatic carbocycles. The first-order valence-electron chi connectivity index (χ1n) is 8.67. The van der Waals surface area contributed by atoms with Gasteiger partial charge in [-0.05, 0) is 38.5 Å². The molecule has 1 aliphatic heterocycles. The van der Waals surface area contributed by atoms with Gasteiger partial charge in [-0.25, -0.2) is 9.59 Å². The third kappa shape index (κ3) is 7.16. The van der Waals surface area contributed by atoms with Crippen molar-refractivity contribution in [2.24, 2.45) is 0 Å². The first-order chi connectivity index (χ1) is 12.9. The Hall–Kier alpha value is -2.65. The third-order valence-corrected chi connectivity index (χ3v) is 3.71. The number of benzene rings is 1. The van der Waals surface area contributed by atoms with Gasteiger partial charge in [-0.15, -0.1) is 13.2 Å². The first-order valence-corrected chi connectivity index (χ1v) is 8.67. The standard InChI is InChI=1S/C18H23F3N2O5/c1-17(2,3)28-16(25)23-10-8-22(9-11-23)15(24)26-12-13-4-6-14(7-5-13)27-18(19,20)21/h4-7H,8-12H2,1-3H3. The van der Waals surface area contributed by atoms with Crippen LogP contribution < -0.4 is 4.74 Å². The van der Waals surface area contributed by atoms with E-state index < -0.39 is 24.1 Å². The summed E-state index contributed by atoms with van der Waals surface area (Å²) in [6.07, 6.45) is -5.74. The Morgan fingerprint density at radius 1 is 0.929 bits per heavy atom. The van der Waals surface area contributed by atoms with Gasteiger partial charge in [-0.1, -0.05) is 12.1 Å². The zero-order valence-electron chi connectivity index (χ0n) is 15.9. The van der Waals surface area contributed by atoms with Crippen molar-refractivity contribution >= 4 is 12.2 Å². The topological polar surface area (TPSA) is 68.3 Å². The number of nitrogens with zero attached hydrogens (tertiary/aromatic N) is 2. The monoisotopic (exact) mass is 404 g/mol. The van der Waals surface area contributed by atoms with E-state index in [0.29, 0.717) is 31.7 Å². The first kappa shape index (κ1) is 21.6. The summed E-state index contributed by atoms with van der Waals surface area (Å²) in [5, 5.41) is 0. The van der Waals surface area contributed by atoms with Gasteiger partial charge in [0.1, 0.15) is 18.0 Å². The third-order valence-electron chi connectivity index (χ3n) is 3.71. The molecule has 0 N–H and O–H groups in total. The molecule has 0 radical (unpaired) electrons. The van der Waals surface area contributed by atoms with Crippen LogP contribution in [0.4, 0.5) is 22.8 Å². The smallest absolute Gasteiger partial charge is 0.445 e. The molecule has 2 rings (SSSR count). The van der Waals surface area contributed by atoms with Gasteiger partial charge in [0.15, 0.2) is 0 Å². The summed E-state index contributed by atoms with van der Waals surface area (Å²) in [6.45, 7) is 6.51. The Morgan fingerprint density at radius 3 is 1.89 bits per heavy atom. The SMILES string of the molecule is CC(C)(C)OC(=O)N1CCN(C(=O)OCc2ccc(OC(F)(F)F)cc2)CC1. The zero-order valence-corrected chi connectivity index (χ0v) is 15.9. The molecule has 1 heterocycles. The minimum Gasteiger partial charge on any atom is -0.445 e. The Labute approximate surface area is 160 Å². The average molecular weight is 404 g/mol. The Kier molecular flexibility index (Phi) is 6.63. The van der Waals surface area contributed by atoms with E-state index in [1.54, 1.807) is 20.8 Å². The van der Waals surface area contributed by atoms with Crippen LogP contribution in [0.25, 0.3) is 0 Å². The van der Waals surface area contributed by atoms with E-state index in [2.05, 4.69) is 4.74 Å². The molecular formula is C18H23F3N2O5. The van der Waals surface area contributed by atoms with E-state index in [4.69, 9.17) is 9.47 Å². The van der Waals surface area contributed by atoms with Gasteiger partial charge in [-0.2, -0.15) is 0 Å². The van der Waals surface area contributed by atoms with E-state index >= 15 is 0 Å². The lowest BCUT2D eigenvalue weighted by Gasteiger charge is -2.35. The maximum Gasteiger partial charge on any atom is 0.573 e. The maximum atomic E-state index is 12.1. The number of piperazine rings is 1. The van der Waals surface area contributed by atoms with Gasteiger partial charge in [0.05, 0.1) is 0 Å². The Bertz CT molecular complexity index is 678. The highest BCUT2D eigenvalue weighted by Gasteiger charge is 2.31. The summed E-state index contributed by atoms with van der Waals surface area (Å²) in [5.74, 6) is -0.346. The second kappa shape index (κ2) is 8.57. The minimum absolute atomic E-state index is 0.0859. The molecule has 0 saturated carbocycles. The van der Waals surface area contributed by atoms with Crippen molar-refractivity contribution in [2.75, 3.05) is 26.2 Å². The van der Waals surface area contributed by atoms with Crippen LogP contribution in [-0.4, -0.2) is 60.1 Å². The normalized spacial score (nSPS) is 15.2. The average Bonchev–Trinajstić information content (AvgIpc) is 2.58. The summed E-state index contributed by atoms with van der Waals surface area (Å²) < 4.78 is 50.6. The van der Waals surface area contributed by atoms with E-state index in [1.165, 1.54) is 21.9 Å². The molecule has 0 unspecified atom stereocenters. The van der Waals surface area contributed by atoms with Gasteiger partial charge in [0, 0.05) is 26.2 Å². The van der Waals surface area contributed by atoms with E-state index in [1.807, 2.05) is 0 Å². The fraction of sp³-hybridized carbons (Fsp3) is 0.556. The van der Waals surface area contributed by atoms with Crippen molar-refractivity contribution in [2.45, 2.75) is 39.3 Å². The van der Waals surface area contributed by atoms with Crippen molar-refractivity contribution in [3.05, 3.63) is 29.8 Å². The molecule has 0 atom stereocenters. The number of carbonyl (C=O) groups is 2. The molecule has 7 nitrogen and oxygen atoms in total. The van der Waals surface area contributed by atoms with Crippen LogP contribution in [0.5, 0.6) is 5.75 Å². The molecule has 0 spiro atoms. The summed E-state index contributed by atoms with van der Waals surface area (Å²) in [7, 11) is 0. The minimum atomic E-state index is -4.75. The molecule has 10 heteroatoms. The highest BCUT2D eigenvalue weighted by molar-refractivity contribution is 5.70. The van der Waals surface area contributed by atoms with E-state index in [-0.39, 0.29) is 12.4 Å². The molecule has 0 aromatic heterocycles. The molecule has 1 aromatic rings. The number of hydrogen-bond donors (Lipinski definition) is 0. The molecule has 2 amide bonds. The fourth-order valence-corrected chi connectivity index (χ4v) is 2.42. The largest absolute Gasteiger partial charge is 0.573 e. The van der Waals surface area contributed by atoms with Crippen molar-refractivity contribution < 1.29 is 37.0 Å². The van der Waals surface area contributed by atoms with Crippen molar-refractivity contribution in [3.8, 4) is 5.75 Å². The quantitative estimate of drug-likeness (QED) is 0.767. The predicted molar refractivity (Wildman–Crippen MR) is 92.7 cm³/mol. The maximum absolute atomic E-state index is 12.1. The van der Waals surface area contributed by atoms with Crippen LogP contribution in [0.1, 0.15) is 26.3 Å². The summed E-state index contributed by atoms with van der Waals surface area (Å²) in [6, 6.07) is 5.07. The zero-order chi connectivity index (χ0) is 20.9. The molecule has 1 fully saturated rings. The molecule has 1 aliphatic rings. The van der Waals surface area contributed by atoms with Crippen molar-refractivity contribution in [3.63, 3.8) is 0 Å². The number of alkyl halides is 3. The van der Waals surface area contributed by atoms with Gasteiger partial charge < -0.3 is 24.0 Å². The number of rotatable bonds is 3. The number of carbonyl (C=O) groups excluding carboxylic acids is 2. The van der Waals surface area contributed by atoms with Crippen LogP contribution in [-0.2, 0) is 16.1 Å². The molecular weight excluding hydrogens is 381 g/mol. The number of ether oxygens (including phenoxy) is 3. The Morgan fingerprint density at radius 2 is 1.43 bits per heavy atom. The fourth-order valence-electron chi connectivity index (χ4n) is 2.42. The van der Waals surface area contributed by atoms with Crippen molar-refractivity contribution in [1.29, 1.82) is 0 Å². The molecule has 1 aromatic carbocycles. The highest BCUT2D eigenvalue weighted by Crippen LogP contribution is 2.23. The van der Waals surface area contributed by atoms with E-state index in [9.17, 15) is 22.8 Å². The number of halogens is 3. The lowest BCUT2D eigenvalue weighted by molar-refractivity contribution is -0.274. The van der Waals surface area contributed by atoms with Crippen LogP contribution in [0.3, 0.4) is 0 Å². The summed E-state index contributed by atoms with van der Waals surface area (Å²) in [4.78, 5) is 27.1. The van der Waals surface area contributed by atoms with Gasteiger partial charge >= 0.3 is 18.5 Å². The van der Waals surface area contributed by atoms with Gasteiger partial charge in [0.2, 0.25) is 0 Å². The van der Waals surface area contributed by atoms with Gasteiger partial charge in [-0.3, -0.25) is 0 Å². The lowest BCUT2D eigenvalue weighted by Crippen LogP contribution is -2.51. The molecule has 156 valence electrons. The number of amides is 2.